The number of hydrogen-bond donors (Lipinski definition) is 1. The molecule has 0 unspecified atom stereocenters. The van der Waals surface area contributed by atoms with E-state index in [1.807, 2.05) is 13.8 Å². The van der Waals surface area contributed by atoms with Gasteiger partial charge in [-0.15, -0.1) is 0 Å². The van der Waals surface area contributed by atoms with Crippen molar-refractivity contribution in [1.82, 2.24) is 0 Å². The van der Waals surface area contributed by atoms with Gasteiger partial charge < -0.3 is 14.6 Å². The molecule has 0 aromatic heterocycles. The van der Waals surface area contributed by atoms with Crippen LogP contribution < -0.4 is 9.47 Å². The summed E-state index contributed by atoms with van der Waals surface area (Å²) in [6.07, 6.45) is -0.0117. The first-order valence-corrected chi connectivity index (χ1v) is 5.84. The molecule has 1 aromatic carbocycles. The largest absolute Gasteiger partial charge is 0.493 e. The topological polar surface area (TPSA) is 55.8 Å². The minimum atomic E-state index is -0.870. The van der Waals surface area contributed by atoms with Crippen molar-refractivity contribution < 1.29 is 19.4 Å². The number of carboxylic acid groups (broad SMARTS) is 1. The lowest BCUT2D eigenvalue weighted by molar-refractivity contribution is -0.138. The summed E-state index contributed by atoms with van der Waals surface area (Å²) in [6.45, 7) is 3.66. The van der Waals surface area contributed by atoms with Crippen LogP contribution in [0, 0.1) is 0 Å². The second-order valence-corrected chi connectivity index (χ2v) is 4.99. The number of ether oxygens (including phenoxy) is 2. The van der Waals surface area contributed by atoms with Crippen molar-refractivity contribution in [2.45, 2.75) is 25.7 Å². The van der Waals surface area contributed by atoms with Crippen LogP contribution in [-0.4, -0.2) is 25.3 Å². The first kappa shape index (κ1) is 14.6. The zero-order chi connectivity index (χ0) is 13.9. The molecule has 100 valence electrons. The molecule has 0 heterocycles. The average Bonchev–Trinajstić information content (AvgIpc) is 2.26. The standard InChI is InChI=1S/C13H17ClO4/c1-13(2,7-10(15)16)8-5-6-9(17-3)12(18-4)11(8)14/h5-6H,7H2,1-4H3,(H,15,16). The summed E-state index contributed by atoms with van der Waals surface area (Å²) < 4.78 is 10.3. The fourth-order valence-corrected chi connectivity index (χ4v) is 2.37. The summed E-state index contributed by atoms with van der Waals surface area (Å²) in [6, 6.07) is 3.50. The van der Waals surface area contributed by atoms with Crippen molar-refractivity contribution in [1.29, 1.82) is 0 Å². The van der Waals surface area contributed by atoms with Crippen molar-refractivity contribution in [2.24, 2.45) is 0 Å². The first-order valence-electron chi connectivity index (χ1n) is 5.46. The maximum absolute atomic E-state index is 10.9. The Morgan fingerprint density at radius 2 is 1.94 bits per heavy atom. The van der Waals surface area contributed by atoms with Gasteiger partial charge in [0.15, 0.2) is 11.5 Å². The van der Waals surface area contributed by atoms with Crippen molar-refractivity contribution in [3.63, 3.8) is 0 Å². The molecule has 1 N–H and O–H groups in total. The molecule has 0 aliphatic rings. The lowest BCUT2D eigenvalue weighted by Gasteiger charge is -2.25. The Bertz CT molecular complexity index is 455. The Morgan fingerprint density at radius 1 is 1.33 bits per heavy atom. The first-order chi connectivity index (χ1) is 8.33. The summed E-state index contributed by atoms with van der Waals surface area (Å²) in [5.41, 5.74) is 0.145. The van der Waals surface area contributed by atoms with Crippen molar-refractivity contribution in [3.8, 4) is 11.5 Å². The molecule has 0 fully saturated rings. The molecule has 1 aromatic rings. The molecule has 0 radical (unpaired) electrons. The van der Waals surface area contributed by atoms with Crippen LogP contribution in [0.1, 0.15) is 25.8 Å². The molecule has 18 heavy (non-hydrogen) atoms. The quantitative estimate of drug-likeness (QED) is 0.895. The van der Waals surface area contributed by atoms with Gasteiger partial charge in [0.05, 0.1) is 25.7 Å². The van der Waals surface area contributed by atoms with E-state index in [2.05, 4.69) is 0 Å². The third kappa shape index (κ3) is 2.88. The number of carboxylic acids is 1. The number of halogens is 1. The highest BCUT2D eigenvalue weighted by molar-refractivity contribution is 6.33. The second-order valence-electron chi connectivity index (χ2n) is 4.62. The Hall–Kier alpha value is -1.42. The third-order valence-corrected chi connectivity index (χ3v) is 3.18. The third-order valence-electron chi connectivity index (χ3n) is 2.81. The number of benzene rings is 1. The Morgan fingerprint density at radius 3 is 2.39 bits per heavy atom. The van der Waals surface area contributed by atoms with Crippen molar-refractivity contribution in [3.05, 3.63) is 22.7 Å². The second kappa shape index (κ2) is 5.48. The van der Waals surface area contributed by atoms with Gasteiger partial charge in [-0.3, -0.25) is 4.79 Å². The van der Waals surface area contributed by atoms with Gasteiger partial charge in [-0.1, -0.05) is 31.5 Å². The number of methoxy groups -OCH3 is 2. The minimum Gasteiger partial charge on any atom is -0.493 e. The van der Waals surface area contributed by atoms with Crippen molar-refractivity contribution in [2.75, 3.05) is 14.2 Å². The highest BCUT2D eigenvalue weighted by Crippen LogP contribution is 2.42. The van der Waals surface area contributed by atoms with Crippen LogP contribution in [0.5, 0.6) is 11.5 Å². The fourth-order valence-electron chi connectivity index (χ4n) is 1.89. The fraction of sp³-hybridized carbons (Fsp3) is 0.462. The number of hydrogen-bond acceptors (Lipinski definition) is 3. The van der Waals surface area contributed by atoms with Gasteiger partial charge in [-0.05, 0) is 11.6 Å². The molecule has 5 heteroatoms. The zero-order valence-electron chi connectivity index (χ0n) is 10.9. The zero-order valence-corrected chi connectivity index (χ0v) is 11.7. The predicted octanol–water partition coefficient (Wildman–Crippen LogP) is 3.11. The highest BCUT2D eigenvalue weighted by Gasteiger charge is 2.29. The molecule has 4 nitrogen and oxygen atoms in total. The molecule has 0 aliphatic heterocycles. The monoisotopic (exact) mass is 272 g/mol. The van der Waals surface area contributed by atoms with Crippen LogP contribution in [0.4, 0.5) is 0 Å². The van der Waals surface area contributed by atoms with Crippen LogP contribution in [0.15, 0.2) is 12.1 Å². The van der Waals surface area contributed by atoms with Crippen LogP contribution in [0.2, 0.25) is 5.02 Å². The molecule has 0 aliphatic carbocycles. The maximum atomic E-state index is 10.9. The van der Waals surface area contributed by atoms with Gasteiger partial charge in [-0.2, -0.15) is 0 Å². The molecule has 0 amide bonds. The summed E-state index contributed by atoms with van der Waals surface area (Å²) in [7, 11) is 3.02. The highest BCUT2D eigenvalue weighted by atomic mass is 35.5. The Balaban J connectivity index is 3.30. The van der Waals surface area contributed by atoms with Gasteiger partial charge in [0, 0.05) is 5.41 Å². The molecular formula is C13H17ClO4. The van der Waals surface area contributed by atoms with E-state index in [0.717, 1.165) is 5.56 Å². The lowest BCUT2D eigenvalue weighted by atomic mass is 9.81. The lowest BCUT2D eigenvalue weighted by Crippen LogP contribution is -2.22. The normalized spacial score (nSPS) is 11.2. The molecule has 0 saturated heterocycles. The summed E-state index contributed by atoms with van der Waals surface area (Å²) in [5.74, 6) is 0.0818. The van der Waals surface area contributed by atoms with E-state index < -0.39 is 11.4 Å². The molecule has 0 bridgehead atoms. The molecule has 0 spiro atoms. The predicted molar refractivity (Wildman–Crippen MR) is 69.8 cm³/mol. The van der Waals surface area contributed by atoms with Gasteiger partial charge >= 0.3 is 5.97 Å². The van der Waals surface area contributed by atoms with Gasteiger partial charge in [-0.25, -0.2) is 0 Å². The Labute approximate surface area is 111 Å². The summed E-state index contributed by atoms with van der Waals surface area (Å²) in [4.78, 5) is 10.9. The smallest absolute Gasteiger partial charge is 0.304 e. The van der Waals surface area contributed by atoms with E-state index in [9.17, 15) is 4.79 Å². The summed E-state index contributed by atoms with van der Waals surface area (Å²) in [5, 5.41) is 9.32. The van der Waals surface area contributed by atoms with E-state index >= 15 is 0 Å². The van der Waals surface area contributed by atoms with E-state index in [1.54, 1.807) is 12.1 Å². The molecule has 1 rings (SSSR count). The van der Waals surface area contributed by atoms with Gasteiger partial charge in [0.25, 0.3) is 0 Å². The maximum Gasteiger partial charge on any atom is 0.304 e. The molecule has 0 atom stereocenters. The van der Waals surface area contributed by atoms with Gasteiger partial charge in [0.2, 0.25) is 0 Å². The number of aliphatic carboxylic acids is 1. The minimum absolute atomic E-state index is 0.0117. The van der Waals surface area contributed by atoms with Crippen LogP contribution in [0.25, 0.3) is 0 Å². The van der Waals surface area contributed by atoms with Crippen LogP contribution in [-0.2, 0) is 10.2 Å². The molecular weight excluding hydrogens is 256 g/mol. The summed E-state index contributed by atoms with van der Waals surface area (Å²) >= 11 is 6.26. The van der Waals surface area contributed by atoms with E-state index in [0.29, 0.717) is 16.5 Å². The van der Waals surface area contributed by atoms with E-state index in [-0.39, 0.29) is 6.42 Å². The SMILES string of the molecule is COc1ccc(C(C)(C)CC(=O)O)c(Cl)c1OC. The number of rotatable bonds is 5. The van der Waals surface area contributed by atoms with Crippen LogP contribution >= 0.6 is 11.6 Å². The van der Waals surface area contributed by atoms with Crippen LogP contribution in [0.3, 0.4) is 0 Å². The molecule has 0 saturated carbocycles. The van der Waals surface area contributed by atoms with E-state index in [4.69, 9.17) is 26.2 Å². The Kier molecular flexibility index (Phi) is 4.46. The van der Waals surface area contributed by atoms with E-state index in [1.165, 1.54) is 14.2 Å². The average molecular weight is 273 g/mol. The van der Waals surface area contributed by atoms with Crippen molar-refractivity contribution >= 4 is 17.6 Å². The van der Waals surface area contributed by atoms with Gasteiger partial charge in [0.1, 0.15) is 0 Å². The number of carbonyl (C=O) groups is 1.